The van der Waals surface area contributed by atoms with E-state index in [0.29, 0.717) is 24.9 Å². The van der Waals surface area contributed by atoms with Gasteiger partial charge in [-0.25, -0.2) is 0 Å². The Bertz CT molecular complexity index is 400. The topological polar surface area (TPSA) is 66.9 Å². The van der Waals surface area contributed by atoms with Gasteiger partial charge < -0.3 is 4.74 Å². The fraction of sp³-hybridized carbons (Fsp3) is 0.917. The van der Waals surface area contributed by atoms with Gasteiger partial charge in [0, 0.05) is 20.1 Å². The van der Waals surface area contributed by atoms with Crippen LogP contribution < -0.4 is 0 Å². The second-order valence-electron chi connectivity index (χ2n) is 5.33. The van der Waals surface area contributed by atoms with Crippen molar-refractivity contribution >= 4 is 16.2 Å². The summed E-state index contributed by atoms with van der Waals surface area (Å²) in [6.45, 7) is 6.83. The normalized spacial score (nSPS) is 25.5. The van der Waals surface area contributed by atoms with Crippen molar-refractivity contribution in [3.8, 4) is 0 Å². The Labute approximate surface area is 115 Å². The second kappa shape index (κ2) is 6.67. The van der Waals surface area contributed by atoms with Gasteiger partial charge in [-0.3, -0.25) is 4.79 Å². The monoisotopic (exact) mass is 292 g/mol. The van der Waals surface area contributed by atoms with E-state index in [9.17, 15) is 13.2 Å². The van der Waals surface area contributed by atoms with Crippen LogP contribution in [0, 0.1) is 11.8 Å². The lowest BCUT2D eigenvalue weighted by molar-refractivity contribution is -0.143. The molecule has 0 aromatic rings. The summed E-state index contributed by atoms with van der Waals surface area (Å²) < 4.78 is 32.0. The van der Waals surface area contributed by atoms with Crippen LogP contribution in [0.2, 0.25) is 0 Å². The van der Waals surface area contributed by atoms with E-state index in [2.05, 4.69) is 0 Å². The maximum atomic E-state index is 12.4. The Kier molecular flexibility index (Phi) is 5.76. The van der Waals surface area contributed by atoms with Crippen molar-refractivity contribution in [2.24, 2.45) is 11.8 Å². The summed E-state index contributed by atoms with van der Waals surface area (Å²) in [6.07, 6.45) is 1.04. The highest BCUT2D eigenvalue weighted by Crippen LogP contribution is 2.24. The van der Waals surface area contributed by atoms with Crippen molar-refractivity contribution in [2.45, 2.75) is 27.2 Å². The summed E-state index contributed by atoms with van der Waals surface area (Å²) in [4.78, 5) is 11.4. The first-order valence-electron chi connectivity index (χ1n) is 6.64. The van der Waals surface area contributed by atoms with Crippen LogP contribution in [0.1, 0.15) is 27.2 Å². The lowest BCUT2D eigenvalue weighted by Crippen LogP contribution is -2.49. The first-order chi connectivity index (χ1) is 8.77. The Balaban J connectivity index is 2.71. The molecule has 1 heterocycles. The molecule has 0 spiro atoms. The van der Waals surface area contributed by atoms with Crippen molar-refractivity contribution in [2.75, 3.05) is 33.3 Å². The van der Waals surface area contributed by atoms with Crippen molar-refractivity contribution in [3.05, 3.63) is 0 Å². The minimum atomic E-state index is -3.58. The molecule has 2 atom stereocenters. The molecule has 7 heteroatoms. The molecular weight excluding hydrogens is 268 g/mol. The number of hydrogen-bond acceptors (Lipinski definition) is 4. The standard InChI is InChI=1S/C12H24N2O4S/c1-5-18-12(15)9-13(4)19(16,17)14-7-10(2)6-11(3)8-14/h10-11H,5-9H2,1-4H3. The van der Waals surface area contributed by atoms with Gasteiger partial charge in [0.05, 0.1) is 6.61 Å². The number of likely N-dealkylation sites (N-methyl/N-ethyl adjacent to an activating group) is 1. The second-order valence-corrected chi connectivity index (χ2v) is 7.37. The average Bonchev–Trinajstić information content (AvgIpc) is 2.27. The SMILES string of the molecule is CCOC(=O)CN(C)S(=O)(=O)N1CC(C)CC(C)C1. The number of piperidine rings is 1. The number of hydrogen-bond donors (Lipinski definition) is 0. The molecule has 112 valence electrons. The summed E-state index contributed by atoms with van der Waals surface area (Å²) in [6, 6.07) is 0. The van der Waals surface area contributed by atoms with Gasteiger partial charge in [0.25, 0.3) is 10.2 Å². The van der Waals surface area contributed by atoms with E-state index in [-0.39, 0.29) is 13.2 Å². The van der Waals surface area contributed by atoms with Gasteiger partial charge in [-0.15, -0.1) is 0 Å². The Morgan fingerprint density at radius 2 is 1.84 bits per heavy atom. The largest absolute Gasteiger partial charge is 0.465 e. The van der Waals surface area contributed by atoms with Crippen molar-refractivity contribution in [1.82, 2.24) is 8.61 Å². The van der Waals surface area contributed by atoms with Crippen LogP contribution in [-0.2, 0) is 19.7 Å². The van der Waals surface area contributed by atoms with Crippen molar-refractivity contribution in [1.29, 1.82) is 0 Å². The summed E-state index contributed by atoms with van der Waals surface area (Å²) in [5, 5.41) is 0. The molecule has 0 amide bonds. The highest BCUT2D eigenvalue weighted by atomic mass is 32.2. The summed E-state index contributed by atoms with van der Waals surface area (Å²) in [5.74, 6) is 0.163. The predicted octanol–water partition coefficient (Wildman–Crippen LogP) is 0.704. The number of nitrogens with zero attached hydrogens (tertiary/aromatic N) is 2. The van der Waals surface area contributed by atoms with E-state index in [4.69, 9.17) is 4.74 Å². The molecule has 6 nitrogen and oxygen atoms in total. The van der Waals surface area contributed by atoms with E-state index in [1.807, 2.05) is 13.8 Å². The van der Waals surface area contributed by atoms with Crippen LogP contribution in [0.5, 0.6) is 0 Å². The Hall–Kier alpha value is -0.660. The third-order valence-corrected chi connectivity index (χ3v) is 5.08. The third-order valence-electron chi connectivity index (χ3n) is 3.21. The zero-order valence-corrected chi connectivity index (χ0v) is 12.9. The van der Waals surface area contributed by atoms with Crippen LogP contribution in [0.4, 0.5) is 0 Å². The van der Waals surface area contributed by atoms with E-state index < -0.39 is 16.2 Å². The molecule has 0 saturated carbocycles. The predicted molar refractivity (Wildman–Crippen MR) is 72.7 cm³/mol. The number of ether oxygens (including phenoxy) is 1. The average molecular weight is 292 g/mol. The van der Waals surface area contributed by atoms with Gasteiger partial charge in [0.1, 0.15) is 6.54 Å². The molecule has 0 bridgehead atoms. The van der Waals surface area contributed by atoms with Gasteiger partial charge in [0.2, 0.25) is 0 Å². The zero-order chi connectivity index (χ0) is 14.6. The van der Waals surface area contributed by atoms with E-state index in [0.717, 1.165) is 10.7 Å². The van der Waals surface area contributed by atoms with E-state index in [1.165, 1.54) is 11.4 Å². The van der Waals surface area contributed by atoms with Gasteiger partial charge in [-0.05, 0) is 25.2 Å². The van der Waals surface area contributed by atoms with Crippen molar-refractivity contribution in [3.63, 3.8) is 0 Å². The van der Waals surface area contributed by atoms with E-state index in [1.54, 1.807) is 6.92 Å². The molecule has 2 unspecified atom stereocenters. The highest BCUT2D eigenvalue weighted by molar-refractivity contribution is 7.86. The maximum absolute atomic E-state index is 12.4. The lowest BCUT2D eigenvalue weighted by atomic mass is 9.94. The number of carbonyl (C=O) groups excluding carboxylic acids is 1. The smallest absolute Gasteiger partial charge is 0.321 e. The van der Waals surface area contributed by atoms with Gasteiger partial charge in [0.15, 0.2) is 0 Å². The molecule has 1 aliphatic rings. The summed E-state index contributed by atoms with van der Waals surface area (Å²) >= 11 is 0. The Morgan fingerprint density at radius 3 is 2.32 bits per heavy atom. The van der Waals surface area contributed by atoms with Gasteiger partial charge in [-0.1, -0.05) is 13.8 Å². The number of carbonyl (C=O) groups is 1. The minimum Gasteiger partial charge on any atom is -0.465 e. The molecule has 1 saturated heterocycles. The molecular formula is C12H24N2O4S. The zero-order valence-electron chi connectivity index (χ0n) is 12.1. The summed E-state index contributed by atoms with van der Waals surface area (Å²) in [7, 11) is -2.16. The van der Waals surface area contributed by atoms with Crippen LogP contribution in [0.3, 0.4) is 0 Å². The maximum Gasteiger partial charge on any atom is 0.321 e. The van der Waals surface area contributed by atoms with Gasteiger partial charge in [-0.2, -0.15) is 17.0 Å². The molecule has 0 aromatic carbocycles. The minimum absolute atomic E-state index is 0.241. The van der Waals surface area contributed by atoms with Crippen LogP contribution in [0.25, 0.3) is 0 Å². The highest BCUT2D eigenvalue weighted by Gasteiger charge is 2.33. The molecule has 1 fully saturated rings. The van der Waals surface area contributed by atoms with Crippen LogP contribution in [-0.4, -0.2) is 56.3 Å². The first-order valence-corrected chi connectivity index (χ1v) is 8.04. The molecule has 0 aromatic heterocycles. The fourth-order valence-corrected chi connectivity index (χ4v) is 4.01. The Morgan fingerprint density at radius 1 is 1.32 bits per heavy atom. The molecule has 0 aliphatic carbocycles. The molecule has 1 rings (SSSR count). The van der Waals surface area contributed by atoms with Gasteiger partial charge >= 0.3 is 5.97 Å². The molecule has 1 aliphatic heterocycles. The quantitative estimate of drug-likeness (QED) is 0.700. The summed E-state index contributed by atoms with van der Waals surface area (Å²) in [5.41, 5.74) is 0. The fourth-order valence-electron chi connectivity index (χ4n) is 2.46. The number of rotatable bonds is 5. The van der Waals surface area contributed by atoms with Crippen LogP contribution >= 0.6 is 0 Å². The molecule has 19 heavy (non-hydrogen) atoms. The van der Waals surface area contributed by atoms with Crippen molar-refractivity contribution < 1.29 is 17.9 Å². The van der Waals surface area contributed by atoms with E-state index >= 15 is 0 Å². The lowest BCUT2D eigenvalue weighted by Gasteiger charge is -2.35. The third kappa shape index (κ3) is 4.43. The first kappa shape index (κ1) is 16.4. The number of esters is 1. The van der Waals surface area contributed by atoms with Crippen LogP contribution in [0.15, 0.2) is 0 Å². The molecule has 0 radical (unpaired) electrons. The molecule has 0 N–H and O–H groups in total.